The minimum absolute atomic E-state index is 0.0138. The summed E-state index contributed by atoms with van der Waals surface area (Å²) in [5.41, 5.74) is 4.37. The molecule has 1 aliphatic carbocycles. The van der Waals surface area contributed by atoms with Crippen molar-refractivity contribution < 1.29 is 4.74 Å². The second-order valence-corrected chi connectivity index (χ2v) is 7.70. The lowest BCUT2D eigenvalue weighted by atomic mass is 9.73. The number of benzene rings is 1. The van der Waals surface area contributed by atoms with Gasteiger partial charge < -0.3 is 4.74 Å². The van der Waals surface area contributed by atoms with E-state index < -0.39 is 0 Å². The van der Waals surface area contributed by atoms with Crippen molar-refractivity contribution in [2.75, 3.05) is 0 Å². The zero-order chi connectivity index (χ0) is 17.2. The molecule has 2 aliphatic rings. The summed E-state index contributed by atoms with van der Waals surface area (Å²) in [6, 6.07) is 10.9. The maximum atomic E-state index is 6.82. The second-order valence-electron chi connectivity index (χ2n) is 7.70. The summed E-state index contributed by atoms with van der Waals surface area (Å²) in [5, 5.41) is 0. The first-order valence-corrected chi connectivity index (χ1v) is 9.68. The van der Waals surface area contributed by atoms with Gasteiger partial charge in [-0.15, -0.1) is 0 Å². The van der Waals surface area contributed by atoms with Crippen molar-refractivity contribution >= 4 is 0 Å². The molecule has 1 nitrogen and oxygen atoms in total. The van der Waals surface area contributed by atoms with Crippen LogP contribution in [0.2, 0.25) is 0 Å². The SMILES string of the molecule is CCC1(CC)O[C@@H](C2=CCCC(C)=C2)[C@@H](C)[C@H]1Cc1ccccc1. The maximum absolute atomic E-state index is 6.82. The fourth-order valence-corrected chi connectivity index (χ4v) is 4.77. The lowest BCUT2D eigenvalue weighted by Gasteiger charge is -2.34. The van der Waals surface area contributed by atoms with Gasteiger partial charge in [-0.05, 0) is 62.0 Å². The summed E-state index contributed by atoms with van der Waals surface area (Å²) in [6.45, 7) is 9.25. The molecule has 24 heavy (non-hydrogen) atoms. The van der Waals surface area contributed by atoms with E-state index in [9.17, 15) is 0 Å². The number of ether oxygens (including phenoxy) is 1. The normalized spacial score (nSPS) is 29.2. The van der Waals surface area contributed by atoms with Crippen LogP contribution in [0.4, 0.5) is 0 Å². The molecule has 130 valence electrons. The van der Waals surface area contributed by atoms with E-state index in [1.54, 1.807) is 0 Å². The summed E-state index contributed by atoms with van der Waals surface area (Å²) >= 11 is 0. The van der Waals surface area contributed by atoms with Crippen molar-refractivity contribution in [1.82, 2.24) is 0 Å². The first-order chi connectivity index (χ1) is 11.6. The van der Waals surface area contributed by atoms with Gasteiger partial charge in [-0.2, -0.15) is 0 Å². The lowest BCUT2D eigenvalue weighted by molar-refractivity contribution is -0.0523. The van der Waals surface area contributed by atoms with Crippen LogP contribution in [0.3, 0.4) is 0 Å². The van der Waals surface area contributed by atoms with Gasteiger partial charge in [0.2, 0.25) is 0 Å². The van der Waals surface area contributed by atoms with E-state index in [0.717, 1.165) is 19.3 Å². The Morgan fingerprint density at radius 1 is 1.12 bits per heavy atom. The van der Waals surface area contributed by atoms with Crippen molar-refractivity contribution in [3.05, 3.63) is 59.2 Å². The standard InChI is InChI=1S/C23H32O/c1-5-23(6-2)21(16-19-12-8-7-9-13-19)18(4)22(24-23)20-14-10-11-17(3)15-20/h7-9,12-15,18,21-22H,5-6,10-11,16H2,1-4H3/t18-,21+,22+/m0/s1. The minimum atomic E-state index is 0.0138. The Kier molecular flexibility index (Phi) is 5.30. The average molecular weight is 325 g/mol. The molecule has 0 aromatic heterocycles. The summed E-state index contributed by atoms with van der Waals surface area (Å²) in [6.07, 6.45) is 10.7. The third kappa shape index (κ3) is 3.24. The first-order valence-electron chi connectivity index (χ1n) is 9.68. The summed E-state index contributed by atoms with van der Waals surface area (Å²) in [5.74, 6) is 1.13. The van der Waals surface area contributed by atoms with Crippen LogP contribution in [0.1, 0.15) is 58.9 Å². The van der Waals surface area contributed by atoms with Gasteiger partial charge in [0.1, 0.15) is 0 Å². The van der Waals surface area contributed by atoms with Crippen LogP contribution in [0.25, 0.3) is 0 Å². The average Bonchev–Trinajstić information content (AvgIpc) is 2.89. The molecule has 1 aromatic rings. The Morgan fingerprint density at radius 2 is 1.83 bits per heavy atom. The van der Waals surface area contributed by atoms with E-state index in [2.05, 4.69) is 70.2 Å². The molecule has 1 heteroatoms. The van der Waals surface area contributed by atoms with Gasteiger partial charge >= 0.3 is 0 Å². The lowest BCUT2D eigenvalue weighted by Crippen LogP contribution is -2.36. The smallest absolute Gasteiger partial charge is 0.0858 e. The van der Waals surface area contributed by atoms with Crippen LogP contribution in [0.5, 0.6) is 0 Å². The van der Waals surface area contributed by atoms with Crippen molar-refractivity contribution in [1.29, 1.82) is 0 Å². The number of hydrogen-bond acceptors (Lipinski definition) is 1. The van der Waals surface area contributed by atoms with Crippen molar-refractivity contribution in [2.24, 2.45) is 11.8 Å². The zero-order valence-electron chi connectivity index (χ0n) is 15.7. The van der Waals surface area contributed by atoms with Gasteiger partial charge in [0.05, 0.1) is 11.7 Å². The predicted octanol–water partition coefficient (Wildman–Crippen LogP) is 6.11. The molecule has 1 heterocycles. The second kappa shape index (κ2) is 7.27. The highest BCUT2D eigenvalue weighted by Crippen LogP contribution is 2.49. The van der Waals surface area contributed by atoms with Crippen molar-refractivity contribution in [3.8, 4) is 0 Å². The van der Waals surface area contributed by atoms with Crippen LogP contribution in [0, 0.1) is 11.8 Å². The fourth-order valence-electron chi connectivity index (χ4n) is 4.77. The molecule has 3 atom stereocenters. The van der Waals surface area contributed by atoms with Crippen LogP contribution in [-0.4, -0.2) is 11.7 Å². The third-order valence-corrected chi connectivity index (χ3v) is 6.31. The molecular formula is C23H32O. The van der Waals surface area contributed by atoms with Gasteiger partial charge in [-0.25, -0.2) is 0 Å². The molecule has 1 aliphatic heterocycles. The molecule has 1 saturated heterocycles. The molecule has 1 aromatic carbocycles. The largest absolute Gasteiger partial charge is 0.367 e. The Balaban J connectivity index is 1.89. The highest BCUT2D eigenvalue weighted by atomic mass is 16.5. The molecule has 1 fully saturated rings. The Morgan fingerprint density at radius 3 is 2.46 bits per heavy atom. The number of hydrogen-bond donors (Lipinski definition) is 0. The van der Waals surface area contributed by atoms with E-state index >= 15 is 0 Å². The van der Waals surface area contributed by atoms with Gasteiger partial charge in [0.25, 0.3) is 0 Å². The maximum Gasteiger partial charge on any atom is 0.0858 e. The molecule has 0 saturated carbocycles. The van der Waals surface area contributed by atoms with E-state index in [1.807, 2.05) is 0 Å². The Labute approximate surface area is 147 Å². The molecule has 0 bridgehead atoms. The van der Waals surface area contributed by atoms with Gasteiger partial charge in [-0.3, -0.25) is 0 Å². The minimum Gasteiger partial charge on any atom is -0.367 e. The van der Waals surface area contributed by atoms with Gasteiger partial charge in [0, 0.05) is 0 Å². The summed E-state index contributed by atoms with van der Waals surface area (Å²) < 4.78 is 6.82. The Hall–Kier alpha value is -1.34. The van der Waals surface area contributed by atoms with E-state index in [1.165, 1.54) is 29.6 Å². The Bertz CT molecular complexity index is 606. The summed E-state index contributed by atoms with van der Waals surface area (Å²) in [7, 11) is 0. The van der Waals surface area contributed by atoms with Gasteiger partial charge in [0.15, 0.2) is 0 Å². The molecule has 0 spiro atoms. The number of allylic oxidation sites excluding steroid dienone is 2. The van der Waals surface area contributed by atoms with Crippen LogP contribution in [0.15, 0.2) is 53.6 Å². The molecule has 0 radical (unpaired) electrons. The predicted molar refractivity (Wildman–Crippen MR) is 102 cm³/mol. The third-order valence-electron chi connectivity index (χ3n) is 6.31. The number of rotatable bonds is 5. The van der Waals surface area contributed by atoms with E-state index in [4.69, 9.17) is 4.74 Å². The van der Waals surface area contributed by atoms with Crippen LogP contribution in [-0.2, 0) is 11.2 Å². The highest BCUT2D eigenvalue weighted by molar-refractivity contribution is 5.33. The van der Waals surface area contributed by atoms with Gasteiger partial charge in [-0.1, -0.05) is 68.8 Å². The quantitative estimate of drug-likeness (QED) is 0.635. The first kappa shape index (κ1) is 17.5. The topological polar surface area (TPSA) is 9.23 Å². The van der Waals surface area contributed by atoms with E-state index in [0.29, 0.717) is 11.8 Å². The van der Waals surface area contributed by atoms with E-state index in [-0.39, 0.29) is 11.7 Å². The molecule has 0 N–H and O–H groups in total. The zero-order valence-corrected chi connectivity index (χ0v) is 15.7. The molecular weight excluding hydrogens is 292 g/mol. The molecule has 0 unspecified atom stereocenters. The summed E-state index contributed by atoms with van der Waals surface area (Å²) in [4.78, 5) is 0. The van der Waals surface area contributed by atoms with Crippen LogP contribution < -0.4 is 0 Å². The molecule has 0 amide bonds. The van der Waals surface area contributed by atoms with Crippen molar-refractivity contribution in [2.45, 2.75) is 71.5 Å². The fraction of sp³-hybridized carbons (Fsp3) is 0.565. The molecule has 3 rings (SSSR count). The van der Waals surface area contributed by atoms with Crippen molar-refractivity contribution in [3.63, 3.8) is 0 Å². The highest BCUT2D eigenvalue weighted by Gasteiger charge is 2.51. The van der Waals surface area contributed by atoms with Crippen LogP contribution >= 0.6 is 0 Å². The monoisotopic (exact) mass is 324 g/mol.